The van der Waals surface area contributed by atoms with Gasteiger partial charge in [0.1, 0.15) is 17.6 Å². The van der Waals surface area contributed by atoms with Gasteiger partial charge in [0.25, 0.3) is 0 Å². The molecule has 0 fully saturated rings. The van der Waals surface area contributed by atoms with Crippen molar-refractivity contribution < 1.29 is 39.1 Å². The molecule has 6 N–H and O–H groups in total. The molecule has 1 unspecified atom stereocenters. The lowest BCUT2D eigenvalue weighted by Crippen LogP contribution is -2.46. The number of phenolic OH excluding ortho intramolecular Hbond substituents is 3. The second-order valence-electron chi connectivity index (χ2n) is 8.42. The van der Waals surface area contributed by atoms with E-state index in [-0.39, 0.29) is 40.4 Å². The average Bonchev–Trinajstić information content (AvgIpc) is 2.87. The van der Waals surface area contributed by atoms with Gasteiger partial charge in [0.2, 0.25) is 11.2 Å². The number of carboxylic acids is 1. The summed E-state index contributed by atoms with van der Waals surface area (Å²) in [5.74, 6) is -0.858. The molecule has 194 valence electrons. The standard InChI is InChI=1S/C17H14O5.C10H13NO4/c1-20-11-5-3-10(4-6-11)13-9-22-16-12(15(13)19)7-8-14(18)17(16)21-2;1-10(11,9(14)15)5-6-2-3-7(12)8(13)4-6/h3-9,18H,1-2H3;2-4,12-13H,5,11H2,1H3,(H,14,15). The van der Waals surface area contributed by atoms with Crippen molar-refractivity contribution in [1.29, 1.82) is 0 Å². The van der Waals surface area contributed by atoms with Gasteiger partial charge >= 0.3 is 5.97 Å². The van der Waals surface area contributed by atoms with Crippen molar-refractivity contribution >= 4 is 16.9 Å². The van der Waals surface area contributed by atoms with Crippen LogP contribution in [0.3, 0.4) is 0 Å². The molecule has 4 aromatic rings. The predicted molar refractivity (Wildman–Crippen MR) is 136 cm³/mol. The van der Waals surface area contributed by atoms with Gasteiger partial charge in [-0.15, -0.1) is 0 Å². The number of rotatable bonds is 6. The molecule has 1 aromatic heterocycles. The molecule has 0 aliphatic heterocycles. The van der Waals surface area contributed by atoms with Crippen molar-refractivity contribution in [3.63, 3.8) is 0 Å². The largest absolute Gasteiger partial charge is 0.504 e. The summed E-state index contributed by atoms with van der Waals surface area (Å²) in [7, 11) is 2.99. The molecule has 37 heavy (non-hydrogen) atoms. The van der Waals surface area contributed by atoms with Crippen LogP contribution in [-0.2, 0) is 11.2 Å². The molecular weight excluding hydrogens is 482 g/mol. The van der Waals surface area contributed by atoms with Gasteiger partial charge in [-0.2, -0.15) is 0 Å². The van der Waals surface area contributed by atoms with E-state index in [1.807, 2.05) is 0 Å². The van der Waals surface area contributed by atoms with Crippen LogP contribution in [0.15, 0.2) is 70.1 Å². The Morgan fingerprint density at radius 3 is 2.16 bits per heavy atom. The molecule has 0 bridgehead atoms. The molecule has 0 spiro atoms. The lowest BCUT2D eigenvalue weighted by atomic mass is 9.94. The molecule has 0 aliphatic carbocycles. The number of aliphatic carboxylic acids is 1. The molecule has 0 saturated heterocycles. The van der Waals surface area contributed by atoms with Crippen molar-refractivity contribution in [2.24, 2.45) is 5.73 Å². The van der Waals surface area contributed by atoms with Crippen LogP contribution in [-0.4, -0.2) is 46.2 Å². The Labute approximate surface area is 211 Å². The zero-order valence-corrected chi connectivity index (χ0v) is 20.4. The number of carboxylic acid groups (broad SMARTS) is 1. The Kier molecular flexibility index (Phi) is 7.94. The van der Waals surface area contributed by atoms with Crippen LogP contribution in [0.1, 0.15) is 12.5 Å². The maximum absolute atomic E-state index is 12.6. The summed E-state index contributed by atoms with van der Waals surface area (Å²) in [6.07, 6.45) is 1.45. The fraction of sp³-hybridized carbons (Fsp3) is 0.185. The number of hydrogen-bond donors (Lipinski definition) is 5. The molecule has 3 aromatic carbocycles. The lowest BCUT2D eigenvalue weighted by Gasteiger charge is -2.19. The van der Waals surface area contributed by atoms with Crippen molar-refractivity contribution in [1.82, 2.24) is 0 Å². The highest BCUT2D eigenvalue weighted by Gasteiger charge is 2.28. The number of benzene rings is 3. The third-order valence-corrected chi connectivity index (χ3v) is 5.58. The zero-order chi connectivity index (χ0) is 27.3. The summed E-state index contributed by atoms with van der Waals surface area (Å²) in [5.41, 5.74) is 5.90. The van der Waals surface area contributed by atoms with Crippen molar-refractivity contribution in [3.8, 4) is 39.9 Å². The molecule has 4 rings (SSSR count). The molecule has 1 atom stereocenters. The first kappa shape index (κ1) is 26.9. The second-order valence-corrected chi connectivity index (χ2v) is 8.42. The Morgan fingerprint density at radius 2 is 1.59 bits per heavy atom. The van der Waals surface area contributed by atoms with Crippen LogP contribution in [0.5, 0.6) is 28.7 Å². The van der Waals surface area contributed by atoms with Gasteiger partial charge < -0.3 is 40.1 Å². The van der Waals surface area contributed by atoms with Crippen LogP contribution in [0.25, 0.3) is 22.1 Å². The quantitative estimate of drug-likeness (QED) is 0.242. The molecule has 10 nitrogen and oxygen atoms in total. The van der Waals surface area contributed by atoms with Crippen LogP contribution in [0.4, 0.5) is 0 Å². The Morgan fingerprint density at radius 1 is 0.946 bits per heavy atom. The smallest absolute Gasteiger partial charge is 0.323 e. The molecule has 0 amide bonds. The van der Waals surface area contributed by atoms with Gasteiger partial charge in [0, 0.05) is 6.42 Å². The lowest BCUT2D eigenvalue weighted by molar-refractivity contribution is -0.142. The summed E-state index contributed by atoms with van der Waals surface area (Å²) in [6, 6.07) is 14.2. The van der Waals surface area contributed by atoms with Gasteiger partial charge in [0.15, 0.2) is 22.8 Å². The van der Waals surface area contributed by atoms with E-state index in [9.17, 15) is 19.8 Å². The zero-order valence-electron chi connectivity index (χ0n) is 20.4. The van der Waals surface area contributed by atoms with E-state index in [1.54, 1.807) is 31.4 Å². The van der Waals surface area contributed by atoms with Gasteiger partial charge in [-0.05, 0) is 54.4 Å². The fourth-order valence-corrected chi connectivity index (χ4v) is 3.51. The van der Waals surface area contributed by atoms with Crippen molar-refractivity contribution in [2.45, 2.75) is 18.9 Å². The van der Waals surface area contributed by atoms with E-state index in [0.29, 0.717) is 22.3 Å². The van der Waals surface area contributed by atoms with E-state index >= 15 is 0 Å². The minimum absolute atomic E-state index is 0.0738. The van der Waals surface area contributed by atoms with Gasteiger partial charge in [-0.1, -0.05) is 18.2 Å². The van der Waals surface area contributed by atoms with E-state index in [4.69, 9.17) is 29.8 Å². The van der Waals surface area contributed by atoms with Gasteiger partial charge in [0.05, 0.1) is 25.2 Å². The minimum Gasteiger partial charge on any atom is -0.504 e. The normalized spacial score (nSPS) is 12.2. The minimum atomic E-state index is -1.39. The van der Waals surface area contributed by atoms with Crippen LogP contribution < -0.4 is 20.6 Å². The topological polar surface area (TPSA) is 173 Å². The van der Waals surface area contributed by atoms with Crippen molar-refractivity contribution in [3.05, 3.63) is 76.6 Å². The number of methoxy groups -OCH3 is 2. The summed E-state index contributed by atoms with van der Waals surface area (Å²) >= 11 is 0. The van der Waals surface area contributed by atoms with Crippen molar-refractivity contribution in [2.75, 3.05) is 14.2 Å². The number of aromatic hydroxyl groups is 3. The van der Waals surface area contributed by atoms with Crippen LogP contribution in [0, 0.1) is 0 Å². The van der Waals surface area contributed by atoms with E-state index in [1.165, 1.54) is 50.6 Å². The predicted octanol–water partition coefficient (Wildman–Crippen LogP) is 3.63. The van der Waals surface area contributed by atoms with Crippen LogP contribution in [0.2, 0.25) is 0 Å². The number of phenols is 3. The number of carbonyl (C=O) groups is 1. The Hall–Kier alpha value is -4.70. The highest BCUT2D eigenvalue weighted by Crippen LogP contribution is 2.34. The molecule has 0 aliphatic rings. The molecule has 0 saturated carbocycles. The number of nitrogens with two attached hydrogens (primary N) is 1. The second kappa shape index (κ2) is 10.9. The number of fused-ring (bicyclic) bond motifs is 1. The molecular formula is C27H27NO9. The summed E-state index contributed by atoms with van der Waals surface area (Å²) < 4.78 is 15.7. The first-order valence-corrected chi connectivity index (χ1v) is 11.0. The SMILES string of the molecule is CC(N)(Cc1ccc(O)c(O)c1)C(=O)O.COc1ccc(-c2coc3c(OC)c(O)ccc3c2=O)cc1. The number of hydrogen-bond acceptors (Lipinski definition) is 9. The Bertz CT molecular complexity index is 1470. The van der Waals surface area contributed by atoms with Gasteiger partial charge in [-0.3, -0.25) is 9.59 Å². The fourth-order valence-electron chi connectivity index (χ4n) is 3.51. The average molecular weight is 510 g/mol. The summed E-state index contributed by atoms with van der Waals surface area (Å²) in [6.45, 7) is 1.39. The van der Waals surface area contributed by atoms with E-state index < -0.39 is 11.5 Å². The molecule has 1 heterocycles. The number of ether oxygens (including phenoxy) is 2. The monoisotopic (exact) mass is 509 g/mol. The third kappa shape index (κ3) is 5.93. The van der Waals surface area contributed by atoms with Crippen LogP contribution >= 0.6 is 0 Å². The Balaban J connectivity index is 0.000000222. The summed E-state index contributed by atoms with van der Waals surface area (Å²) in [4.78, 5) is 23.4. The van der Waals surface area contributed by atoms with E-state index in [0.717, 1.165) is 5.56 Å². The highest BCUT2D eigenvalue weighted by molar-refractivity contribution is 5.88. The first-order chi connectivity index (χ1) is 17.5. The van der Waals surface area contributed by atoms with Gasteiger partial charge in [-0.25, -0.2) is 0 Å². The molecule has 10 heteroatoms. The maximum Gasteiger partial charge on any atom is 0.323 e. The van der Waals surface area contributed by atoms with E-state index in [2.05, 4.69) is 0 Å². The summed E-state index contributed by atoms with van der Waals surface area (Å²) in [5, 5.41) is 37.1. The highest BCUT2D eigenvalue weighted by atomic mass is 16.5. The molecule has 0 radical (unpaired) electrons. The maximum atomic E-state index is 12.6. The first-order valence-electron chi connectivity index (χ1n) is 11.0. The third-order valence-electron chi connectivity index (χ3n) is 5.58.